The van der Waals surface area contributed by atoms with Crippen LogP contribution in [-0.4, -0.2) is 31.7 Å². The smallest absolute Gasteiger partial charge is 0.495 e. The van der Waals surface area contributed by atoms with Crippen LogP contribution in [0.2, 0.25) is 0 Å². The molecule has 1 heterocycles. The molecule has 1 aromatic carbocycles. The summed E-state index contributed by atoms with van der Waals surface area (Å²) in [4.78, 5) is 11.5. The third-order valence-electron chi connectivity index (χ3n) is 4.44. The van der Waals surface area contributed by atoms with Gasteiger partial charge in [-0.3, -0.25) is 4.79 Å². The Morgan fingerprint density at radius 1 is 1.18 bits per heavy atom. The molecule has 0 unspecified atom stereocenters. The highest BCUT2D eigenvalue weighted by Crippen LogP contribution is 2.36. The van der Waals surface area contributed by atoms with Crippen molar-refractivity contribution in [3.8, 4) is 0 Å². The molecule has 1 aromatic rings. The molecule has 0 N–H and O–H groups in total. The van der Waals surface area contributed by atoms with Crippen molar-refractivity contribution < 1.29 is 18.8 Å². The Hall–Kier alpha value is -1.59. The zero-order chi connectivity index (χ0) is 16.5. The van der Waals surface area contributed by atoms with E-state index in [4.69, 9.17) is 14.0 Å². The molecule has 0 saturated carbocycles. The van der Waals surface area contributed by atoms with Crippen LogP contribution in [0.25, 0.3) is 6.08 Å². The van der Waals surface area contributed by atoms with Gasteiger partial charge in [-0.25, -0.2) is 0 Å². The van der Waals surface area contributed by atoms with Crippen molar-refractivity contribution in [2.45, 2.75) is 45.8 Å². The van der Waals surface area contributed by atoms with Crippen LogP contribution in [0.5, 0.6) is 0 Å². The predicted molar refractivity (Wildman–Crippen MR) is 88.2 cm³/mol. The van der Waals surface area contributed by atoms with E-state index in [1.54, 1.807) is 7.11 Å². The molecule has 1 fully saturated rings. The van der Waals surface area contributed by atoms with E-state index in [0.717, 1.165) is 23.1 Å². The fourth-order valence-corrected chi connectivity index (χ4v) is 2.26. The van der Waals surface area contributed by atoms with E-state index in [-0.39, 0.29) is 0 Å². The Balaban J connectivity index is 2.36. The molecule has 118 valence electrons. The van der Waals surface area contributed by atoms with Gasteiger partial charge >= 0.3 is 7.12 Å². The number of carbonyl (C=O) groups is 1. The summed E-state index contributed by atoms with van der Waals surface area (Å²) in [6.45, 7) is 9.83. The van der Waals surface area contributed by atoms with Crippen LogP contribution in [0.1, 0.15) is 50.5 Å². The first-order valence-electron chi connectivity index (χ1n) is 7.37. The molecular formula is C17H23BO4. The summed E-state index contributed by atoms with van der Waals surface area (Å²) < 4.78 is 17.2. The summed E-state index contributed by atoms with van der Waals surface area (Å²) in [5, 5.41) is 0. The quantitative estimate of drug-likeness (QED) is 0.487. The van der Waals surface area contributed by atoms with Gasteiger partial charge in [-0.2, -0.15) is 0 Å². The molecular weight excluding hydrogens is 279 g/mol. The molecule has 22 heavy (non-hydrogen) atoms. The number of benzene rings is 1. The van der Waals surface area contributed by atoms with Crippen molar-refractivity contribution in [2.75, 3.05) is 7.11 Å². The van der Waals surface area contributed by atoms with Crippen LogP contribution in [0.15, 0.2) is 24.0 Å². The number of hydrogen-bond donors (Lipinski definition) is 0. The Morgan fingerprint density at radius 2 is 1.77 bits per heavy atom. The first-order chi connectivity index (χ1) is 10.2. The zero-order valence-electron chi connectivity index (χ0n) is 14.1. The Kier molecular flexibility index (Phi) is 4.50. The van der Waals surface area contributed by atoms with E-state index in [2.05, 4.69) is 0 Å². The number of rotatable bonds is 4. The van der Waals surface area contributed by atoms with E-state index in [0.29, 0.717) is 5.56 Å². The maximum absolute atomic E-state index is 11.5. The van der Waals surface area contributed by atoms with Gasteiger partial charge in [-0.05, 0) is 57.8 Å². The molecule has 0 aliphatic carbocycles. The molecule has 0 bridgehead atoms. The number of aldehydes is 1. The third kappa shape index (κ3) is 3.10. The summed E-state index contributed by atoms with van der Waals surface area (Å²) >= 11 is 0. The lowest BCUT2D eigenvalue weighted by molar-refractivity contribution is 0.00578. The fraction of sp³-hybridized carbons (Fsp3) is 0.471. The average molecular weight is 302 g/mol. The molecule has 1 aliphatic heterocycles. The van der Waals surface area contributed by atoms with Gasteiger partial charge in [0.15, 0.2) is 0 Å². The van der Waals surface area contributed by atoms with Crippen LogP contribution >= 0.6 is 0 Å². The van der Waals surface area contributed by atoms with Crippen LogP contribution in [-0.2, 0) is 14.0 Å². The minimum Gasteiger partial charge on any atom is -0.501 e. The number of methoxy groups -OCH3 is 1. The van der Waals surface area contributed by atoms with Crippen LogP contribution in [0, 0.1) is 0 Å². The van der Waals surface area contributed by atoms with Gasteiger partial charge in [0, 0.05) is 5.56 Å². The van der Waals surface area contributed by atoms with Crippen molar-refractivity contribution >= 4 is 24.9 Å². The number of carbonyl (C=O) groups excluding carboxylic acids is 1. The topological polar surface area (TPSA) is 44.8 Å². The lowest BCUT2D eigenvalue weighted by Crippen LogP contribution is -2.41. The second kappa shape index (κ2) is 5.90. The van der Waals surface area contributed by atoms with Gasteiger partial charge in [-0.15, -0.1) is 0 Å². The molecule has 0 radical (unpaired) electrons. The highest BCUT2D eigenvalue weighted by Gasteiger charge is 2.52. The van der Waals surface area contributed by atoms with E-state index < -0.39 is 18.3 Å². The van der Waals surface area contributed by atoms with E-state index in [1.165, 1.54) is 0 Å². The summed E-state index contributed by atoms with van der Waals surface area (Å²) in [7, 11) is 1.08. The van der Waals surface area contributed by atoms with Gasteiger partial charge in [0.1, 0.15) is 6.29 Å². The number of hydrogen-bond acceptors (Lipinski definition) is 4. The Bertz CT molecular complexity index is 589. The second-order valence-corrected chi connectivity index (χ2v) is 6.55. The van der Waals surface area contributed by atoms with Crippen LogP contribution in [0.3, 0.4) is 0 Å². The van der Waals surface area contributed by atoms with Crippen molar-refractivity contribution in [1.29, 1.82) is 0 Å². The van der Waals surface area contributed by atoms with Crippen LogP contribution < -0.4 is 5.46 Å². The lowest BCUT2D eigenvalue weighted by atomic mass is 9.75. The molecule has 1 aliphatic rings. The third-order valence-corrected chi connectivity index (χ3v) is 4.44. The normalized spacial score (nSPS) is 20.1. The highest BCUT2D eigenvalue weighted by atomic mass is 16.7. The molecule has 0 amide bonds. The van der Waals surface area contributed by atoms with Gasteiger partial charge in [-0.1, -0.05) is 12.1 Å². The predicted octanol–water partition coefficient (Wildman–Crippen LogP) is 2.81. The highest BCUT2D eigenvalue weighted by molar-refractivity contribution is 6.63. The average Bonchev–Trinajstić information content (AvgIpc) is 2.66. The summed E-state index contributed by atoms with van der Waals surface area (Å²) in [6, 6.07) is 5.62. The van der Waals surface area contributed by atoms with E-state index in [9.17, 15) is 4.79 Å². The Morgan fingerprint density at radius 3 is 2.27 bits per heavy atom. The SMILES string of the molecule is CO/C(C)=C\c1ccc(B2OC(C)(C)C(C)(C)O2)c(C=O)c1. The van der Waals surface area contributed by atoms with Crippen molar-refractivity contribution in [3.05, 3.63) is 35.1 Å². The molecule has 2 rings (SSSR count). The largest absolute Gasteiger partial charge is 0.501 e. The maximum atomic E-state index is 11.5. The van der Waals surface area contributed by atoms with E-state index in [1.807, 2.05) is 58.9 Å². The standard InChI is InChI=1S/C17H23BO4/c1-12(20-6)9-13-7-8-15(14(10-13)11-19)18-21-16(2,3)17(4,5)22-18/h7-11H,1-6H3/b12-9-. The molecule has 0 atom stereocenters. The first-order valence-corrected chi connectivity index (χ1v) is 7.37. The molecule has 0 aromatic heterocycles. The number of allylic oxidation sites excluding steroid dienone is 1. The Labute approximate surface area is 132 Å². The summed E-state index contributed by atoms with van der Waals surface area (Å²) in [6.07, 6.45) is 2.71. The van der Waals surface area contributed by atoms with Crippen LogP contribution in [0.4, 0.5) is 0 Å². The summed E-state index contributed by atoms with van der Waals surface area (Å²) in [5.74, 6) is 0.778. The number of ether oxygens (including phenoxy) is 1. The van der Waals surface area contributed by atoms with Crippen molar-refractivity contribution in [3.63, 3.8) is 0 Å². The van der Waals surface area contributed by atoms with Gasteiger partial charge in [0.05, 0.1) is 24.1 Å². The first kappa shape index (κ1) is 16.8. The fourth-order valence-electron chi connectivity index (χ4n) is 2.26. The van der Waals surface area contributed by atoms with Gasteiger partial charge in [0.25, 0.3) is 0 Å². The van der Waals surface area contributed by atoms with Crippen molar-refractivity contribution in [1.82, 2.24) is 0 Å². The van der Waals surface area contributed by atoms with Crippen molar-refractivity contribution in [2.24, 2.45) is 0 Å². The van der Waals surface area contributed by atoms with Gasteiger partial charge < -0.3 is 14.0 Å². The van der Waals surface area contributed by atoms with Gasteiger partial charge in [0.2, 0.25) is 0 Å². The minimum atomic E-state index is -0.535. The second-order valence-electron chi connectivity index (χ2n) is 6.55. The summed E-state index contributed by atoms with van der Waals surface area (Å²) in [5.41, 5.74) is 1.37. The van der Waals surface area contributed by atoms with E-state index >= 15 is 0 Å². The lowest BCUT2D eigenvalue weighted by Gasteiger charge is -2.32. The zero-order valence-corrected chi connectivity index (χ0v) is 14.1. The molecule has 0 spiro atoms. The molecule has 1 saturated heterocycles. The minimum absolute atomic E-state index is 0.428. The molecule has 4 nitrogen and oxygen atoms in total. The molecule has 5 heteroatoms. The monoisotopic (exact) mass is 302 g/mol. The maximum Gasteiger partial charge on any atom is 0.495 e.